The molecular weight excluding hydrogens is 326 g/mol. The highest BCUT2D eigenvalue weighted by atomic mass is 35.5. The topological polar surface area (TPSA) is 54.5 Å². The number of ether oxygens (including phenoxy) is 1. The van der Waals surface area contributed by atoms with Gasteiger partial charge in [0.1, 0.15) is 5.75 Å². The third kappa shape index (κ3) is 4.38. The van der Waals surface area contributed by atoms with Crippen molar-refractivity contribution in [1.29, 1.82) is 0 Å². The minimum atomic E-state index is -0.133. The van der Waals surface area contributed by atoms with Crippen LogP contribution in [0.2, 0.25) is 5.02 Å². The molecular formula is C18H22ClN3O2. The first kappa shape index (κ1) is 18.1. The summed E-state index contributed by atoms with van der Waals surface area (Å²) in [5, 5.41) is 3.54. The maximum atomic E-state index is 12.6. The Labute approximate surface area is 147 Å². The zero-order valence-electron chi connectivity index (χ0n) is 14.1. The van der Waals surface area contributed by atoms with Gasteiger partial charge < -0.3 is 15.0 Å². The molecule has 1 heterocycles. The number of halogens is 1. The second-order valence-electron chi connectivity index (χ2n) is 5.36. The molecule has 2 rings (SSSR count). The van der Waals surface area contributed by atoms with Crippen LogP contribution in [0.25, 0.3) is 0 Å². The summed E-state index contributed by atoms with van der Waals surface area (Å²) in [6, 6.07) is 9.01. The number of carbonyl (C=O) groups excluding carboxylic acids is 1. The molecule has 2 amide bonds. The number of rotatable bonds is 6. The van der Waals surface area contributed by atoms with E-state index < -0.39 is 0 Å². The monoisotopic (exact) mass is 347 g/mol. The second-order valence-corrected chi connectivity index (χ2v) is 5.80. The predicted molar refractivity (Wildman–Crippen MR) is 95.3 cm³/mol. The van der Waals surface area contributed by atoms with E-state index in [-0.39, 0.29) is 12.1 Å². The fraction of sp³-hybridized carbons (Fsp3) is 0.333. The van der Waals surface area contributed by atoms with Crippen molar-refractivity contribution in [3.63, 3.8) is 0 Å². The first-order valence-electron chi connectivity index (χ1n) is 7.83. The molecule has 0 saturated heterocycles. The number of amides is 2. The van der Waals surface area contributed by atoms with Gasteiger partial charge in [0.05, 0.1) is 13.2 Å². The average molecular weight is 348 g/mol. The van der Waals surface area contributed by atoms with Gasteiger partial charge in [-0.1, -0.05) is 23.7 Å². The molecule has 0 radical (unpaired) electrons. The van der Waals surface area contributed by atoms with E-state index in [9.17, 15) is 4.79 Å². The molecule has 5 nitrogen and oxygen atoms in total. The van der Waals surface area contributed by atoms with E-state index in [4.69, 9.17) is 16.3 Å². The van der Waals surface area contributed by atoms with E-state index >= 15 is 0 Å². The summed E-state index contributed by atoms with van der Waals surface area (Å²) in [5.41, 5.74) is 1.87. The lowest BCUT2D eigenvalue weighted by atomic mass is 10.1. The van der Waals surface area contributed by atoms with Gasteiger partial charge in [0, 0.05) is 36.1 Å². The fourth-order valence-corrected chi connectivity index (χ4v) is 2.70. The highest BCUT2D eigenvalue weighted by molar-refractivity contribution is 6.30. The maximum Gasteiger partial charge on any atom is 0.318 e. The number of hydrogen-bond donors (Lipinski definition) is 1. The number of nitrogens with zero attached hydrogens (tertiary/aromatic N) is 2. The molecule has 0 fully saturated rings. The maximum absolute atomic E-state index is 12.6. The molecule has 24 heavy (non-hydrogen) atoms. The van der Waals surface area contributed by atoms with E-state index in [2.05, 4.69) is 10.3 Å². The minimum Gasteiger partial charge on any atom is -0.496 e. The molecule has 1 aromatic heterocycles. The van der Waals surface area contributed by atoms with Crippen LogP contribution < -0.4 is 10.1 Å². The summed E-state index contributed by atoms with van der Waals surface area (Å²) < 4.78 is 5.30. The van der Waals surface area contributed by atoms with Crippen LogP contribution in [-0.2, 0) is 6.54 Å². The Morgan fingerprint density at radius 2 is 2.21 bits per heavy atom. The number of hydrogen-bond acceptors (Lipinski definition) is 3. The molecule has 0 spiro atoms. The van der Waals surface area contributed by atoms with Gasteiger partial charge in [-0.2, -0.15) is 0 Å². The molecule has 6 heteroatoms. The highest BCUT2D eigenvalue weighted by Gasteiger charge is 2.20. The summed E-state index contributed by atoms with van der Waals surface area (Å²) in [7, 11) is 1.58. The Balaban J connectivity index is 2.05. The van der Waals surface area contributed by atoms with Crippen LogP contribution in [0.1, 0.15) is 31.0 Å². The number of carbonyl (C=O) groups is 1. The Morgan fingerprint density at radius 1 is 1.42 bits per heavy atom. The largest absolute Gasteiger partial charge is 0.496 e. The molecule has 0 aliphatic rings. The van der Waals surface area contributed by atoms with Crippen molar-refractivity contribution < 1.29 is 9.53 Å². The van der Waals surface area contributed by atoms with Gasteiger partial charge in [0.15, 0.2) is 0 Å². The summed E-state index contributed by atoms with van der Waals surface area (Å²) in [4.78, 5) is 18.4. The average Bonchev–Trinajstić information content (AvgIpc) is 2.61. The Bertz CT molecular complexity index is 679. The standard InChI is InChI=1S/C18H22ClN3O2/c1-4-22(13(2)14-6-5-9-20-11-14)18(23)21-12-15-7-8-16(19)10-17(15)24-3/h5-11,13H,4,12H2,1-3H3,(H,21,23). The molecule has 1 aromatic carbocycles. The zero-order chi connectivity index (χ0) is 17.5. The van der Waals surface area contributed by atoms with Crippen molar-refractivity contribution in [2.75, 3.05) is 13.7 Å². The molecule has 0 saturated carbocycles. The van der Waals surface area contributed by atoms with Crippen LogP contribution in [0, 0.1) is 0 Å². The molecule has 2 aromatic rings. The van der Waals surface area contributed by atoms with Crippen LogP contribution in [0.5, 0.6) is 5.75 Å². The minimum absolute atomic E-state index is 0.0594. The number of nitrogens with one attached hydrogen (secondary N) is 1. The normalized spacial score (nSPS) is 11.7. The zero-order valence-corrected chi connectivity index (χ0v) is 14.9. The quantitative estimate of drug-likeness (QED) is 0.858. The Morgan fingerprint density at radius 3 is 2.83 bits per heavy atom. The number of pyridine rings is 1. The van der Waals surface area contributed by atoms with Crippen molar-refractivity contribution in [3.8, 4) is 5.75 Å². The smallest absolute Gasteiger partial charge is 0.318 e. The third-order valence-corrected chi connectivity index (χ3v) is 4.15. The van der Waals surface area contributed by atoms with Crippen LogP contribution in [0.3, 0.4) is 0 Å². The van der Waals surface area contributed by atoms with E-state index in [0.717, 1.165) is 11.1 Å². The first-order valence-corrected chi connectivity index (χ1v) is 8.21. The van der Waals surface area contributed by atoms with E-state index in [1.807, 2.05) is 32.0 Å². The van der Waals surface area contributed by atoms with Crippen molar-refractivity contribution >= 4 is 17.6 Å². The number of aromatic nitrogens is 1. The van der Waals surface area contributed by atoms with Gasteiger partial charge in [-0.3, -0.25) is 4.98 Å². The number of urea groups is 1. The molecule has 1 atom stereocenters. The Hall–Kier alpha value is -2.27. The molecule has 128 valence electrons. The second kappa shape index (κ2) is 8.55. The lowest BCUT2D eigenvalue weighted by Gasteiger charge is -2.28. The Kier molecular flexibility index (Phi) is 6.44. The van der Waals surface area contributed by atoms with Crippen molar-refractivity contribution in [2.24, 2.45) is 0 Å². The predicted octanol–water partition coefficient (Wildman–Crippen LogP) is 4.04. The van der Waals surface area contributed by atoms with E-state index in [0.29, 0.717) is 23.9 Å². The molecule has 0 bridgehead atoms. The van der Waals surface area contributed by atoms with Gasteiger partial charge in [-0.15, -0.1) is 0 Å². The first-order chi connectivity index (χ1) is 11.6. The SMILES string of the molecule is CCN(C(=O)NCc1ccc(Cl)cc1OC)C(C)c1cccnc1. The van der Waals surface area contributed by atoms with Crippen LogP contribution >= 0.6 is 11.6 Å². The van der Waals surface area contributed by atoms with Gasteiger partial charge in [0.2, 0.25) is 0 Å². The van der Waals surface area contributed by atoms with Crippen LogP contribution in [-0.4, -0.2) is 29.6 Å². The lowest BCUT2D eigenvalue weighted by molar-refractivity contribution is 0.182. The van der Waals surface area contributed by atoms with Crippen LogP contribution in [0.4, 0.5) is 4.79 Å². The highest BCUT2D eigenvalue weighted by Crippen LogP contribution is 2.23. The van der Waals surface area contributed by atoms with E-state index in [1.54, 1.807) is 36.5 Å². The lowest BCUT2D eigenvalue weighted by Crippen LogP contribution is -2.41. The molecule has 0 aliphatic heterocycles. The molecule has 1 unspecified atom stereocenters. The van der Waals surface area contributed by atoms with Gasteiger partial charge in [-0.25, -0.2) is 4.79 Å². The summed E-state index contributed by atoms with van der Waals surface area (Å²) >= 11 is 5.96. The van der Waals surface area contributed by atoms with Crippen LogP contribution in [0.15, 0.2) is 42.7 Å². The molecule has 1 N–H and O–H groups in total. The fourth-order valence-electron chi connectivity index (χ4n) is 2.53. The molecule has 0 aliphatic carbocycles. The van der Waals surface area contributed by atoms with Crippen molar-refractivity contribution in [2.45, 2.75) is 26.4 Å². The number of methoxy groups -OCH3 is 1. The summed E-state index contributed by atoms with van der Waals surface area (Å²) in [6.07, 6.45) is 3.50. The summed E-state index contributed by atoms with van der Waals surface area (Å²) in [6.45, 7) is 4.91. The van der Waals surface area contributed by atoms with Gasteiger partial charge in [-0.05, 0) is 37.6 Å². The summed E-state index contributed by atoms with van der Waals surface area (Å²) in [5.74, 6) is 0.658. The van der Waals surface area contributed by atoms with E-state index in [1.165, 1.54) is 0 Å². The van der Waals surface area contributed by atoms with Crippen molar-refractivity contribution in [1.82, 2.24) is 15.2 Å². The number of benzene rings is 1. The van der Waals surface area contributed by atoms with Gasteiger partial charge >= 0.3 is 6.03 Å². The van der Waals surface area contributed by atoms with Gasteiger partial charge in [0.25, 0.3) is 0 Å². The van der Waals surface area contributed by atoms with Crippen molar-refractivity contribution in [3.05, 3.63) is 58.9 Å². The third-order valence-electron chi connectivity index (χ3n) is 3.92.